The molecular formula is C18H23Cl2N3OS. The van der Waals surface area contributed by atoms with Crippen molar-refractivity contribution in [3.63, 3.8) is 0 Å². The minimum atomic E-state index is 0. The molecule has 1 aromatic carbocycles. The maximum atomic E-state index is 12.8. The van der Waals surface area contributed by atoms with E-state index in [1.54, 1.807) is 6.20 Å². The molecule has 2 atom stereocenters. The molecule has 1 N–H and O–H groups in total. The first-order chi connectivity index (χ1) is 11.2. The third kappa shape index (κ3) is 4.17. The van der Waals surface area contributed by atoms with Gasteiger partial charge < -0.3 is 10.2 Å². The molecule has 136 valence electrons. The van der Waals surface area contributed by atoms with Crippen LogP contribution in [0.4, 0.5) is 0 Å². The largest absolute Gasteiger partial charge is 0.338 e. The van der Waals surface area contributed by atoms with E-state index >= 15 is 0 Å². The van der Waals surface area contributed by atoms with E-state index in [1.807, 2.05) is 42.3 Å². The fraction of sp³-hybridized carbons (Fsp3) is 0.444. The van der Waals surface area contributed by atoms with E-state index in [9.17, 15) is 4.79 Å². The molecule has 2 aliphatic rings. The number of aromatic nitrogens is 1. The van der Waals surface area contributed by atoms with Gasteiger partial charge in [0.25, 0.3) is 5.91 Å². The number of hydrogen-bond donors (Lipinski definition) is 1. The number of amides is 1. The number of benzene rings is 1. The second kappa shape index (κ2) is 8.49. The number of halogens is 2. The molecule has 2 fully saturated rings. The van der Waals surface area contributed by atoms with Crippen molar-refractivity contribution < 1.29 is 4.79 Å². The van der Waals surface area contributed by atoms with Crippen LogP contribution in [-0.4, -0.2) is 41.0 Å². The van der Waals surface area contributed by atoms with Gasteiger partial charge >= 0.3 is 0 Å². The van der Waals surface area contributed by atoms with Gasteiger partial charge in [-0.1, -0.05) is 30.3 Å². The normalized spacial score (nSPS) is 24.1. The van der Waals surface area contributed by atoms with E-state index in [0.717, 1.165) is 28.3 Å². The van der Waals surface area contributed by atoms with E-state index in [-0.39, 0.29) is 30.7 Å². The van der Waals surface area contributed by atoms with Crippen molar-refractivity contribution in [2.75, 3.05) is 7.05 Å². The Morgan fingerprint density at radius 1 is 1.16 bits per heavy atom. The monoisotopic (exact) mass is 399 g/mol. The van der Waals surface area contributed by atoms with Crippen molar-refractivity contribution in [3.8, 4) is 10.6 Å². The summed E-state index contributed by atoms with van der Waals surface area (Å²) in [5.41, 5.74) is 1.07. The standard InChI is InChI=1S/C18H21N3OS.2ClH/c1-21(15-9-13-7-8-14(10-15)20-13)18(22)16-11-19-17(23-16)12-5-3-2-4-6-12;;/h2-6,11,13-15,20H,7-10H2,1H3;2*1H. The lowest BCUT2D eigenvalue weighted by Crippen LogP contribution is -2.48. The maximum Gasteiger partial charge on any atom is 0.265 e. The van der Waals surface area contributed by atoms with Gasteiger partial charge in [0.15, 0.2) is 0 Å². The van der Waals surface area contributed by atoms with E-state index in [0.29, 0.717) is 18.1 Å². The van der Waals surface area contributed by atoms with Gasteiger partial charge in [-0.3, -0.25) is 4.79 Å². The predicted molar refractivity (Wildman–Crippen MR) is 107 cm³/mol. The van der Waals surface area contributed by atoms with Crippen LogP contribution in [0.15, 0.2) is 36.5 Å². The Hall–Kier alpha value is -1.14. The summed E-state index contributed by atoms with van der Waals surface area (Å²) in [4.78, 5) is 19.9. The fourth-order valence-corrected chi connectivity index (χ4v) is 4.67. The van der Waals surface area contributed by atoms with Gasteiger partial charge in [0, 0.05) is 30.7 Å². The minimum absolute atomic E-state index is 0. The Bertz CT molecular complexity index is 697. The van der Waals surface area contributed by atoms with Gasteiger partial charge in [-0.05, 0) is 25.7 Å². The smallest absolute Gasteiger partial charge is 0.265 e. The lowest BCUT2D eigenvalue weighted by atomic mass is 9.98. The molecule has 2 aromatic rings. The number of nitrogens with zero attached hydrogens (tertiary/aromatic N) is 2. The molecule has 4 nitrogen and oxygen atoms in total. The summed E-state index contributed by atoms with van der Waals surface area (Å²) in [5, 5.41) is 4.54. The highest BCUT2D eigenvalue weighted by Crippen LogP contribution is 2.31. The van der Waals surface area contributed by atoms with Crippen LogP contribution in [0.3, 0.4) is 0 Å². The molecule has 2 aliphatic heterocycles. The Kier molecular flexibility index (Phi) is 6.86. The van der Waals surface area contributed by atoms with Crippen molar-refractivity contribution >= 4 is 42.1 Å². The van der Waals surface area contributed by atoms with Gasteiger partial charge in [-0.25, -0.2) is 4.98 Å². The average Bonchev–Trinajstić information content (AvgIpc) is 3.21. The highest BCUT2D eigenvalue weighted by Gasteiger charge is 2.36. The molecule has 2 saturated heterocycles. The van der Waals surface area contributed by atoms with Crippen molar-refractivity contribution in [2.45, 2.75) is 43.8 Å². The first-order valence-corrected chi connectivity index (χ1v) is 9.07. The number of fused-ring (bicyclic) bond motifs is 2. The third-order valence-electron chi connectivity index (χ3n) is 5.05. The Labute approximate surface area is 164 Å². The number of thiazole rings is 1. The second-order valence-electron chi connectivity index (χ2n) is 6.57. The van der Waals surface area contributed by atoms with E-state index < -0.39 is 0 Å². The lowest BCUT2D eigenvalue weighted by Gasteiger charge is -2.35. The van der Waals surface area contributed by atoms with Crippen LogP contribution in [0.25, 0.3) is 10.6 Å². The number of carbonyl (C=O) groups is 1. The van der Waals surface area contributed by atoms with Crippen molar-refractivity contribution in [2.24, 2.45) is 0 Å². The molecule has 0 saturated carbocycles. The zero-order valence-corrected chi connectivity index (χ0v) is 16.5. The van der Waals surface area contributed by atoms with Crippen LogP contribution in [0.5, 0.6) is 0 Å². The first-order valence-electron chi connectivity index (χ1n) is 8.25. The van der Waals surface area contributed by atoms with E-state index in [2.05, 4.69) is 10.3 Å². The summed E-state index contributed by atoms with van der Waals surface area (Å²) >= 11 is 1.49. The average molecular weight is 400 g/mol. The molecule has 25 heavy (non-hydrogen) atoms. The van der Waals surface area contributed by atoms with Crippen LogP contribution in [0.1, 0.15) is 35.4 Å². The fourth-order valence-electron chi connectivity index (χ4n) is 3.77. The Balaban J connectivity index is 0.00000113. The van der Waals surface area contributed by atoms with E-state index in [1.165, 1.54) is 24.2 Å². The molecule has 2 bridgehead atoms. The quantitative estimate of drug-likeness (QED) is 0.847. The van der Waals surface area contributed by atoms with Gasteiger partial charge in [-0.2, -0.15) is 0 Å². The second-order valence-corrected chi connectivity index (χ2v) is 7.61. The number of nitrogens with one attached hydrogen (secondary N) is 1. The summed E-state index contributed by atoms with van der Waals surface area (Å²) in [6.07, 6.45) is 6.37. The molecule has 3 heterocycles. The number of rotatable bonds is 3. The molecule has 4 rings (SSSR count). The van der Waals surface area contributed by atoms with Crippen LogP contribution in [-0.2, 0) is 0 Å². The molecule has 0 spiro atoms. The van der Waals surface area contributed by atoms with Crippen molar-refractivity contribution in [3.05, 3.63) is 41.4 Å². The molecule has 0 aliphatic carbocycles. The third-order valence-corrected chi connectivity index (χ3v) is 6.09. The summed E-state index contributed by atoms with van der Waals surface area (Å²) in [6.45, 7) is 0. The molecule has 7 heteroatoms. The van der Waals surface area contributed by atoms with Gasteiger partial charge in [0.2, 0.25) is 0 Å². The summed E-state index contributed by atoms with van der Waals surface area (Å²) in [7, 11) is 1.94. The van der Waals surface area contributed by atoms with Crippen molar-refractivity contribution in [1.82, 2.24) is 15.2 Å². The molecule has 1 aromatic heterocycles. The number of hydrogen-bond acceptors (Lipinski definition) is 4. The zero-order chi connectivity index (χ0) is 15.8. The molecule has 1 amide bonds. The van der Waals surface area contributed by atoms with Crippen LogP contribution < -0.4 is 5.32 Å². The van der Waals surface area contributed by atoms with Crippen molar-refractivity contribution in [1.29, 1.82) is 0 Å². The Morgan fingerprint density at radius 2 is 1.80 bits per heavy atom. The van der Waals surface area contributed by atoms with Gasteiger partial charge in [-0.15, -0.1) is 36.2 Å². The molecular weight excluding hydrogens is 377 g/mol. The predicted octanol–water partition coefficient (Wildman–Crippen LogP) is 4.01. The topological polar surface area (TPSA) is 45.2 Å². The van der Waals surface area contributed by atoms with Gasteiger partial charge in [0.1, 0.15) is 9.88 Å². The molecule has 2 unspecified atom stereocenters. The minimum Gasteiger partial charge on any atom is -0.338 e. The number of carbonyl (C=O) groups excluding carboxylic acids is 1. The Morgan fingerprint density at radius 3 is 2.44 bits per heavy atom. The van der Waals surface area contributed by atoms with E-state index in [4.69, 9.17) is 0 Å². The maximum absolute atomic E-state index is 12.8. The summed E-state index contributed by atoms with van der Waals surface area (Å²) in [6, 6.07) is 11.6. The highest BCUT2D eigenvalue weighted by molar-refractivity contribution is 7.16. The lowest BCUT2D eigenvalue weighted by molar-refractivity contribution is 0.0686. The highest BCUT2D eigenvalue weighted by atomic mass is 35.5. The van der Waals surface area contributed by atoms with Gasteiger partial charge in [0.05, 0.1) is 6.20 Å². The summed E-state index contributed by atoms with van der Waals surface area (Å²) in [5.74, 6) is 0.107. The SMILES string of the molecule is CN(C(=O)c1cnc(-c2ccccc2)s1)C1CC2CCC(C1)N2.Cl.Cl. The van der Waals surface area contributed by atoms with Crippen LogP contribution in [0, 0.1) is 0 Å². The zero-order valence-electron chi connectivity index (χ0n) is 14.1. The van der Waals surface area contributed by atoms with Crippen LogP contribution in [0.2, 0.25) is 0 Å². The first kappa shape index (κ1) is 20.2. The van der Waals surface area contributed by atoms with Crippen LogP contribution >= 0.6 is 36.2 Å². The summed E-state index contributed by atoms with van der Waals surface area (Å²) < 4.78 is 0. The number of piperidine rings is 1. The molecule has 0 radical (unpaired) electrons.